The van der Waals surface area contributed by atoms with Crippen LogP contribution in [0.2, 0.25) is 0 Å². The molecule has 0 aromatic rings. The van der Waals surface area contributed by atoms with Gasteiger partial charge in [-0.15, -0.1) is 0 Å². The summed E-state index contributed by atoms with van der Waals surface area (Å²) in [5.41, 5.74) is 5.69. The number of β-lactam (4-membered cyclic amide) rings is 1. The molecule has 1 unspecified atom stereocenters. The minimum Gasteiger partial charge on any atom is -0.480 e. The molecular formula is C11H18N2O6S. The fourth-order valence-electron chi connectivity index (χ4n) is 2.94. The molecular weight excluding hydrogens is 288 g/mol. The SMILES string of the molecule is CCOC(N)[C@H]1C(=O)N2[C@@H](C(=O)O)C(C)(C)S(=O)(=O)[C@H]12. The van der Waals surface area contributed by atoms with Crippen LogP contribution in [0.15, 0.2) is 0 Å². The number of ether oxygens (including phenoxy) is 1. The van der Waals surface area contributed by atoms with Crippen molar-refractivity contribution in [3.8, 4) is 0 Å². The molecule has 114 valence electrons. The van der Waals surface area contributed by atoms with Gasteiger partial charge in [-0.1, -0.05) is 0 Å². The van der Waals surface area contributed by atoms with Crippen molar-refractivity contribution in [1.82, 2.24) is 4.90 Å². The molecule has 2 rings (SSSR count). The lowest BCUT2D eigenvalue weighted by molar-refractivity contribution is -0.171. The van der Waals surface area contributed by atoms with Gasteiger partial charge in [-0.05, 0) is 20.8 Å². The van der Waals surface area contributed by atoms with Gasteiger partial charge < -0.3 is 20.5 Å². The van der Waals surface area contributed by atoms with E-state index in [4.69, 9.17) is 10.5 Å². The molecule has 20 heavy (non-hydrogen) atoms. The predicted octanol–water partition coefficient (Wildman–Crippen LogP) is -1.25. The maximum Gasteiger partial charge on any atom is 0.328 e. The molecule has 9 heteroatoms. The molecule has 1 amide bonds. The van der Waals surface area contributed by atoms with Crippen LogP contribution in [-0.2, 0) is 24.2 Å². The van der Waals surface area contributed by atoms with E-state index in [9.17, 15) is 23.1 Å². The summed E-state index contributed by atoms with van der Waals surface area (Å²) in [4.78, 5) is 24.3. The Morgan fingerprint density at radius 3 is 2.55 bits per heavy atom. The summed E-state index contributed by atoms with van der Waals surface area (Å²) in [6, 6.07) is -1.39. The normalized spacial score (nSPS) is 35.3. The smallest absolute Gasteiger partial charge is 0.328 e. The summed E-state index contributed by atoms with van der Waals surface area (Å²) >= 11 is 0. The lowest BCUT2D eigenvalue weighted by Crippen LogP contribution is -2.68. The molecule has 0 bridgehead atoms. The molecule has 3 N–H and O–H groups in total. The number of hydrogen-bond acceptors (Lipinski definition) is 6. The van der Waals surface area contributed by atoms with Crippen molar-refractivity contribution in [3.05, 3.63) is 0 Å². The molecule has 0 spiro atoms. The fourth-order valence-corrected chi connectivity index (χ4v) is 5.27. The monoisotopic (exact) mass is 306 g/mol. The van der Waals surface area contributed by atoms with Crippen LogP contribution in [0.25, 0.3) is 0 Å². The summed E-state index contributed by atoms with van der Waals surface area (Å²) in [5.74, 6) is -2.96. The van der Waals surface area contributed by atoms with Gasteiger partial charge in [-0.2, -0.15) is 0 Å². The molecule has 0 aromatic carbocycles. The Kier molecular flexibility index (Phi) is 3.35. The first-order chi connectivity index (χ1) is 9.09. The van der Waals surface area contributed by atoms with Gasteiger partial charge in [-0.25, -0.2) is 13.2 Å². The third-order valence-corrected chi connectivity index (χ3v) is 6.90. The van der Waals surface area contributed by atoms with Crippen molar-refractivity contribution in [2.45, 2.75) is 43.2 Å². The second kappa shape index (κ2) is 4.40. The number of fused-ring (bicyclic) bond motifs is 1. The van der Waals surface area contributed by atoms with Gasteiger partial charge in [-0.3, -0.25) is 4.79 Å². The predicted molar refractivity (Wildman–Crippen MR) is 68.1 cm³/mol. The average molecular weight is 306 g/mol. The largest absolute Gasteiger partial charge is 0.480 e. The molecule has 0 radical (unpaired) electrons. The number of carbonyl (C=O) groups excluding carboxylic acids is 1. The summed E-state index contributed by atoms with van der Waals surface area (Å²) in [6.45, 7) is 4.54. The highest BCUT2D eigenvalue weighted by molar-refractivity contribution is 7.93. The number of nitrogens with zero attached hydrogens (tertiary/aromatic N) is 1. The topological polar surface area (TPSA) is 127 Å². The highest BCUT2D eigenvalue weighted by Crippen LogP contribution is 2.49. The van der Waals surface area contributed by atoms with Crippen LogP contribution in [0.4, 0.5) is 0 Å². The molecule has 8 nitrogen and oxygen atoms in total. The molecule has 4 atom stereocenters. The number of carboxylic acids is 1. The Bertz CT molecular complexity index is 557. The minimum absolute atomic E-state index is 0.240. The van der Waals surface area contributed by atoms with E-state index < -0.39 is 50.0 Å². The van der Waals surface area contributed by atoms with Gasteiger partial charge in [0.15, 0.2) is 15.2 Å². The first-order valence-corrected chi connectivity index (χ1v) is 7.79. The van der Waals surface area contributed by atoms with Crippen LogP contribution in [0.5, 0.6) is 0 Å². The quantitative estimate of drug-likeness (QED) is 0.491. The summed E-state index contributed by atoms with van der Waals surface area (Å²) in [7, 11) is -3.84. The maximum atomic E-state index is 12.5. The third-order valence-electron chi connectivity index (χ3n) is 4.06. The second-order valence-corrected chi connectivity index (χ2v) is 8.10. The summed E-state index contributed by atoms with van der Waals surface area (Å²) in [6.07, 6.45) is -1.05. The average Bonchev–Trinajstić information content (AvgIpc) is 2.43. The van der Waals surface area contributed by atoms with Gasteiger partial charge >= 0.3 is 5.97 Å². The van der Waals surface area contributed by atoms with E-state index in [1.807, 2.05) is 0 Å². The Morgan fingerprint density at radius 1 is 1.55 bits per heavy atom. The fraction of sp³-hybridized carbons (Fsp3) is 0.818. The number of hydrogen-bond donors (Lipinski definition) is 2. The van der Waals surface area contributed by atoms with Crippen molar-refractivity contribution in [2.24, 2.45) is 11.7 Å². The zero-order chi connectivity index (χ0) is 15.5. The van der Waals surface area contributed by atoms with Crippen LogP contribution >= 0.6 is 0 Å². The number of sulfone groups is 1. The van der Waals surface area contributed by atoms with E-state index in [1.54, 1.807) is 6.92 Å². The maximum absolute atomic E-state index is 12.5. The number of carbonyl (C=O) groups is 2. The van der Waals surface area contributed by atoms with Crippen LogP contribution in [0.1, 0.15) is 20.8 Å². The minimum atomic E-state index is -3.84. The van der Waals surface area contributed by atoms with E-state index in [1.165, 1.54) is 13.8 Å². The third kappa shape index (κ3) is 1.63. The number of rotatable bonds is 4. The van der Waals surface area contributed by atoms with E-state index in [0.717, 1.165) is 4.90 Å². The molecule has 2 fully saturated rings. The first kappa shape index (κ1) is 15.2. The Labute approximate surface area is 116 Å². The highest BCUT2D eigenvalue weighted by atomic mass is 32.2. The molecule has 2 aliphatic heterocycles. The second-order valence-electron chi connectivity index (χ2n) is 5.47. The van der Waals surface area contributed by atoms with Crippen LogP contribution < -0.4 is 5.73 Å². The lowest BCUT2D eigenvalue weighted by Gasteiger charge is -2.44. The Hall–Kier alpha value is -1.19. The van der Waals surface area contributed by atoms with Gasteiger partial charge in [0.25, 0.3) is 0 Å². The van der Waals surface area contributed by atoms with E-state index >= 15 is 0 Å². The summed E-state index contributed by atoms with van der Waals surface area (Å²) < 4.78 is 28.5. The molecule has 0 saturated carbocycles. The van der Waals surface area contributed by atoms with Crippen molar-refractivity contribution < 1.29 is 27.9 Å². The van der Waals surface area contributed by atoms with Crippen molar-refractivity contribution in [1.29, 1.82) is 0 Å². The number of amides is 1. The zero-order valence-corrected chi connectivity index (χ0v) is 12.3. The standard InChI is InChI=1S/C11H18N2O6S/c1-4-19-7(12)5-8(14)13-6(10(15)16)11(2,3)20(17,18)9(5)13/h5-7,9H,4,12H2,1-3H3,(H,15,16)/t5-,6-,7?,9+/m0/s1. The van der Waals surface area contributed by atoms with Gasteiger partial charge in [0.05, 0.1) is 4.75 Å². The Balaban J connectivity index is 2.45. The molecule has 2 heterocycles. The van der Waals surface area contributed by atoms with Crippen molar-refractivity contribution in [3.63, 3.8) is 0 Å². The van der Waals surface area contributed by atoms with E-state index in [-0.39, 0.29) is 6.61 Å². The lowest BCUT2D eigenvalue weighted by atomic mass is 9.90. The highest BCUT2D eigenvalue weighted by Gasteiger charge is 2.73. The van der Waals surface area contributed by atoms with Crippen molar-refractivity contribution in [2.75, 3.05) is 6.61 Å². The van der Waals surface area contributed by atoms with E-state index in [2.05, 4.69) is 0 Å². The van der Waals surface area contributed by atoms with Gasteiger partial charge in [0.2, 0.25) is 5.91 Å². The number of carboxylic acid groups (broad SMARTS) is 1. The Morgan fingerprint density at radius 2 is 2.10 bits per heavy atom. The molecule has 0 aromatic heterocycles. The number of nitrogens with two attached hydrogens (primary N) is 1. The molecule has 0 aliphatic carbocycles. The first-order valence-electron chi connectivity index (χ1n) is 6.24. The van der Waals surface area contributed by atoms with Gasteiger partial charge in [0, 0.05) is 6.61 Å². The summed E-state index contributed by atoms with van der Waals surface area (Å²) in [5, 5.41) is 8.01. The van der Waals surface area contributed by atoms with Gasteiger partial charge in [0.1, 0.15) is 18.2 Å². The van der Waals surface area contributed by atoms with Crippen LogP contribution in [-0.4, -0.2) is 59.3 Å². The molecule has 2 saturated heterocycles. The molecule has 2 aliphatic rings. The zero-order valence-electron chi connectivity index (χ0n) is 11.4. The van der Waals surface area contributed by atoms with Crippen LogP contribution in [0.3, 0.4) is 0 Å². The number of aliphatic carboxylic acids is 1. The van der Waals surface area contributed by atoms with E-state index in [0.29, 0.717) is 0 Å². The van der Waals surface area contributed by atoms with Crippen molar-refractivity contribution >= 4 is 21.7 Å². The van der Waals surface area contributed by atoms with Crippen LogP contribution in [0, 0.1) is 5.92 Å².